The van der Waals surface area contributed by atoms with Crippen molar-refractivity contribution in [3.63, 3.8) is 0 Å². The van der Waals surface area contributed by atoms with Gasteiger partial charge in [0.1, 0.15) is 6.54 Å². The van der Waals surface area contributed by atoms with Gasteiger partial charge in [-0.3, -0.25) is 14.2 Å². The topological polar surface area (TPSA) is 67.2 Å². The number of piperazine rings is 1. The summed E-state index contributed by atoms with van der Waals surface area (Å²) in [4.78, 5) is 32.3. The molecule has 0 radical (unpaired) electrons. The van der Waals surface area contributed by atoms with Crippen LogP contribution < -0.4 is 10.9 Å². The van der Waals surface area contributed by atoms with Crippen molar-refractivity contribution in [1.82, 2.24) is 19.8 Å². The molecule has 3 aromatic rings. The minimum Gasteiger partial charge on any atom is -0.332 e. The SMILES string of the molecule is CCc1ccc(C2CNCCN2C(=O)Cn2cnc3c(C)cccc3c2=O)cc1.Cl. The number of para-hydroxylation sites is 1. The molecule has 2 aromatic carbocycles. The number of rotatable bonds is 4. The molecule has 2 heterocycles. The van der Waals surface area contributed by atoms with E-state index < -0.39 is 0 Å². The van der Waals surface area contributed by atoms with Crippen molar-refractivity contribution in [3.8, 4) is 0 Å². The van der Waals surface area contributed by atoms with E-state index in [9.17, 15) is 9.59 Å². The lowest BCUT2D eigenvalue weighted by molar-refractivity contribution is -0.135. The van der Waals surface area contributed by atoms with E-state index in [2.05, 4.69) is 41.5 Å². The van der Waals surface area contributed by atoms with Crippen LogP contribution in [0.3, 0.4) is 0 Å². The van der Waals surface area contributed by atoms with E-state index >= 15 is 0 Å². The largest absolute Gasteiger partial charge is 0.332 e. The van der Waals surface area contributed by atoms with Gasteiger partial charge in [-0.15, -0.1) is 12.4 Å². The lowest BCUT2D eigenvalue weighted by atomic mass is 10.0. The van der Waals surface area contributed by atoms with E-state index in [1.807, 2.05) is 24.0 Å². The number of amides is 1. The van der Waals surface area contributed by atoms with Gasteiger partial charge in [-0.1, -0.05) is 43.3 Å². The molecule has 1 unspecified atom stereocenters. The Morgan fingerprint density at radius 2 is 1.97 bits per heavy atom. The summed E-state index contributed by atoms with van der Waals surface area (Å²) in [7, 11) is 0. The highest BCUT2D eigenvalue weighted by molar-refractivity contribution is 5.85. The molecule has 1 aliphatic heterocycles. The molecular formula is C23H27ClN4O2. The maximum atomic E-state index is 13.1. The molecule has 0 bridgehead atoms. The first-order valence-electron chi connectivity index (χ1n) is 10.1. The van der Waals surface area contributed by atoms with E-state index in [-0.39, 0.29) is 36.5 Å². The molecule has 0 aliphatic carbocycles. The van der Waals surface area contributed by atoms with Gasteiger partial charge in [0.25, 0.3) is 5.56 Å². The molecule has 1 saturated heterocycles. The van der Waals surface area contributed by atoms with Gasteiger partial charge in [-0.05, 0) is 36.1 Å². The van der Waals surface area contributed by atoms with Crippen LogP contribution in [0.15, 0.2) is 53.6 Å². The summed E-state index contributed by atoms with van der Waals surface area (Å²) in [5, 5.41) is 3.93. The molecule has 0 spiro atoms. The van der Waals surface area contributed by atoms with Gasteiger partial charge in [0.2, 0.25) is 5.91 Å². The first-order valence-corrected chi connectivity index (χ1v) is 10.1. The lowest BCUT2D eigenvalue weighted by Crippen LogP contribution is -2.50. The van der Waals surface area contributed by atoms with E-state index in [1.165, 1.54) is 16.5 Å². The lowest BCUT2D eigenvalue weighted by Gasteiger charge is -2.36. The van der Waals surface area contributed by atoms with Crippen LogP contribution in [0, 0.1) is 6.92 Å². The van der Waals surface area contributed by atoms with Gasteiger partial charge in [0.15, 0.2) is 0 Å². The minimum atomic E-state index is -0.175. The summed E-state index contributed by atoms with van der Waals surface area (Å²) < 4.78 is 1.42. The molecule has 158 valence electrons. The van der Waals surface area contributed by atoms with Crippen molar-refractivity contribution in [3.05, 3.63) is 75.8 Å². The van der Waals surface area contributed by atoms with Crippen molar-refractivity contribution in [2.45, 2.75) is 32.9 Å². The monoisotopic (exact) mass is 426 g/mol. The number of halogens is 1. The highest BCUT2D eigenvalue weighted by Gasteiger charge is 2.28. The zero-order chi connectivity index (χ0) is 20.4. The predicted octanol–water partition coefficient (Wildman–Crippen LogP) is 2.86. The molecule has 1 amide bonds. The Morgan fingerprint density at radius 3 is 2.70 bits per heavy atom. The zero-order valence-corrected chi connectivity index (χ0v) is 18.1. The Labute approximate surface area is 182 Å². The highest BCUT2D eigenvalue weighted by atomic mass is 35.5. The number of benzene rings is 2. The van der Waals surface area contributed by atoms with Crippen LogP contribution in [0.4, 0.5) is 0 Å². The van der Waals surface area contributed by atoms with Gasteiger partial charge < -0.3 is 10.2 Å². The Morgan fingerprint density at radius 1 is 1.20 bits per heavy atom. The molecule has 6 nitrogen and oxygen atoms in total. The molecular weight excluding hydrogens is 400 g/mol. The van der Waals surface area contributed by atoms with Gasteiger partial charge >= 0.3 is 0 Å². The van der Waals surface area contributed by atoms with Crippen molar-refractivity contribution >= 4 is 29.2 Å². The van der Waals surface area contributed by atoms with Gasteiger partial charge in [-0.25, -0.2) is 4.98 Å². The number of hydrogen-bond acceptors (Lipinski definition) is 4. The predicted molar refractivity (Wildman–Crippen MR) is 121 cm³/mol. The molecule has 1 atom stereocenters. The fraction of sp³-hybridized carbons (Fsp3) is 0.348. The number of nitrogens with one attached hydrogen (secondary N) is 1. The molecule has 4 rings (SSSR count). The molecule has 1 N–H and O–H groups in total. The third-order valence-electron chi connectivity index (χ3n) is 5.70. The number of carbonyl (C=O) groups is 1. The normalized spacial score (nSPS) is 16.3. The van der Waals surface area contributed by atoms with Crippen LogP contribution in [0.25, 0.3) is 10.9 Å². The van der Waals surface area contributed by atoms with Crippen molar-refractivity contribution in [2.24, 2.45) is 0 Å². The molecule has 1 aromatic heterocycles. The third-order valence-corrected chi connectivity index (χ3v) is 5.70. The van der Waals surface area contributed by atoms with E-state index in [1.54, 1.807) is 6.07 Å². The second-order valence-corrected chi connectivity index (χ2v) is 7.55. The average molecular weight is 427 g/mol. The second-order valence-electron chi connectivity index (χ2n) is 7.55. The summed E-state index contributed by atoms with van der Waals surface area (Å²) in [5.74, 6) is -0.0630. The molecule has 7 heteroatoms. The number of aryl methyl sites for hydroxylation is 2. The second kappa shape index (κ2) is 9.41. The Kier molecular flexibility index (Phi) is 6.90. The van der Waals surface area contributed by atoms with Crippen molar-refractivity contribution in [2.75, 3.05) is 19.6 Å². The summed E-state index contributed by atoms with van der Waals surface area (Å²) in [6, 6.07) is 13.9. The smallest absolute Gasteiger partial charge is 0.261 e. The highest BCUT2D eigenvalue weighted by Crippen LogP contribution is 2.23. The number of nitrogens with zero attached hydrogens (tertiary/aromatic N) is 3. The first-order chi connectivity index (χ1) is 14.1. The van der Waals surface area contributed by atoms with E-state index in [4.69, 9.17) is 0 Å². The first kappa shape index (κ1) is 22.0. The zero-order valence-electron chi connectivity index (χ0n) is 17.3. The van der Waals surface area contributed by atoms with Crippen molar-refractivity contribution < 1.29 is 4.79 Å². The van der Waals surface area contributed by atoms with Crippen LogP contribution in [-0.2, 0) is 17.8 Å². The van der Waals surface area contributed by atoms with Crippen LogP contribution in [0.5, 0.6) is 0 Å². The molecule has 1 fully saturated rings. The van der Waals surface area contributed by atoms with Crippen molar-refractivity contribution in [1.29, 1.82) is 0 Å². The summed E-state index contributed by atoms with van der Waals surface area (Å²) in [5.41, 5.74) is 3.86. The van der Waals surface area contributed by atoms with Gasteiger partial charge in [-0.2, -0.15) is 0 Å². The number of fused-ring (bicyclic) bond motifs is 1. The molecule has 0 saturated carbocycles. The number of hydrogen-bond donors (Lipinski definition) is 1. The molecule has 1 aliphatic rings. The van der Waals surface area contributed by atoms with Crippen LogP contribution in [0.2, 0.25) is 0 Å². The number of carbonyl (C=O) groups excluding carboxylic acids is 1. The van der Waals surface area contributed by atoms with E-state index in [0.717, 1.165) is 24.1 Å². The fourth-order valence-corrected chi connectivity index (χ4v) is 3.96. The maximum Gasteiger partial charge on any atom is 0.261 e. The van der Waals surface area contributed by atoms with E-state index in [0.29, 0.717) is 24.0 Å². The van der Waals surface area contributed by atoms with Crippen LogP contribution >= 0.6 is 12.4 Å². The quantitative estimate of drug-likeness (QED) is 0.696. The Hall–Kier alpha value is -2.70. The summed E-state index contributed by atoms with van der Waals surface area (Å²) >= 11 is 0. The number of aromatic nitrogens is 2. The maximum absolute atomic E-state index is 13.1. The third kappa shape index (κ3) is 4.25. The standard InChI is InChI=1S/C23H26N4O2.ClH/c1-3-17-7-9-18(10-8-17)20-13-24-11-12-27(20)21(28)14-26-15-25-22-16(2)5-4-6-19(22)23(26)29;/h4-10,15,20,24H,3,11-14H2,1-2H3;1H. The summed E-state index contributed by atoms with van der Waals surface area (Å²) in [6.45, 7) is 6.14. The van der Waals surface area contributed by atoms with Gasteiger partial charge in [0, 0.05) is 19.6 Å². The van der Waals surface area contributed by atoms with Crippen LogP contribution in [-0.4, -0.2) is 40.0 Å². The summed E-state index contributed by atoms with van der Waals surface area (Å²) in [6.07, 6.45) is 2.48. The Bertz CT molecular complexity index is 1090. The van der Waals surface area contributed by atoms with Gasteiger partial charge in [0.05, 0.1) is 23.3 Å². The fourth-order valence-electron chi connectivity index (χ4n) is 3.96. The molecule has 30 heavy (non-hydrogen) atoms. The average Bonchev–Trinajstić information content (AvgIpc) is 2.76. The minimum absolute atomic E-state index is 0. The Balaban J connectivity index is 0.00000256. The van der Waals surface area contributed by atoms with Crippen LogP contribution in [0.1, 0.15) is 29.7 Å².